The normalized spacial score (nSPS) is 26.9. The van der Waals surface area contributed by atoms with Gasteiger partial charge in [-0.05, 0) is 36.8 Å². The molecule has 3 aromatic rings. The lowest BCUT2D eigenvalue weighted by molar-refractivity contribution is -0.333. The number of hydrogen-bond donors (Lipinski definition) is 2. The number of amides is 1. The van der Waals surface area contributed by atoms with Crippen molar-refractivity contribution in [2.75, 3.05) is 20.8 Å². The van der Waals surface area contributed by atoms with Gasteiger partial charge >= 0.3 is 5.63 Å². The lowest BCUT2D eigenvalue weighted by atomic mass is 9.95. The highest BCUT2D eigenvalue weighted by Crippen LogP contribution is 2.38. The Morgan fingerprint density at radius 2 is 1.84 bits per heavy atom. The van der Waals surface area contributed by atoms with Crippen LogP contribution in [0, 0.1) is 6.92 Å². The van der Waals surface area contributed by atoms with E-state index in [1.807, 2.05) is 6.92 Å². The number of fused-ring (bicyclic) bond motifs is 2. The largest absolute Gasteiger partial charge is 0.493 e. The summed E-state index contributed by atoms with van der Waals surface area (Å²) in [5, 5.41) is 14.8. The molecule has 0 radical (unpaired) electrons. The standard InChI is InChI=1S/C27H29NO10/c1-13-9-22(30)36-19-11-16(6-7-17(13)19)35-27-23(28-14(2)29)24(31)25-21(37-27)12-34-26(38-25)15-5-8-18(32-3)20(10-15)33-4/h5-11,21,23-27,31H,12H2,1-4H3,(H,28,29). The Morgan fingerprint density at radius 3 is 2.58 bits per heavy atom. The number of nitrogens with one attached hydrogen (secondary N) is 1. The van der Waals surface area contributed by atoms with Gasteiger partial charge in [-0.2, -0.15) is 0 Å². The predicted molar refractivity (Wildman–Crippen MR) is 133 cm³/mol. The number of aliphatic hydroxyl groups is 1. The number of hydrogen-bond acceptors (Lipinski definition) is 10. The highest BCUT2D eigenvalue weighted by Gasteiger charge is 2.50. The zero-order valence-corrected chi connectivity index (χ0v) is 21.3. The molecule has 5 rings (SSSR count). The van der Waals surface area contributed by atoms with Crippen LogP contribution in [-0.2, 0) is 19.0 Å². The van der Waals surface area contributed by atoms with Gasteiger partial charge in [0.05, 0.1) is 20.8 Å². The molecule has 2 fully saturated rings. The quantitative estimate of drug-likeness (QED) is 0.460. The van der Waals surface area contributed by atoms with E-state index in [1.54, 1.807) is 43.5 Å². The second-order valence-electron chi connectivity index (χ2n) is 9.16. The maximum absolute atomic E-state index is 12.0. The third-order valence-corrected chi connectivity index (χ3v) is 6.59. The van der Waals surface area contributed by atoms with Crippen LogP contribution in [0.25, 0.3) is 11.0 Å². The van der Waals surface area contributed by atoms with Gasteiger partial charge in [-0.1, -0.05) is 6.07 Å². The highest BCUT2D eigenvalue weighted by molar-refractivity contribution is 5.81. The Kier molecular flexibility index (Phi) is 7.26. The molecule has 0 bridgehead atoms. The van der Waals surface area contributed by atoms with Gasteiger partial charge in [0.1, 0.15) is 35.7 Å². The molecule has 38 heavy (non-hydrogen) atoms. The molecule has 3 heterocycles. The van der Waals surface area contributed by atoms with E-state index in [4.69, 9.17) is 32.8 Å². The fourth-order valence-electron chi connectivity index (χ4n) is 4.76. The van der Waals surface area contributed by atoms with E-state index in [9.17, 15) is 14.7 Å². The van der Waals surface area contributed by atoms with Crippen molar-refractivity contribution in [3.05, 3.63) is 64.0 Å². The minimum atomic E-state index is -1.19. The fourth-order valence-corrected chi connectivity index (χ4v) is 4.76. The molecule has 2 N–H and O–H groups in total. The molecule has 0 saturated carbocycles. The molecule has 11 heteroatoms. The number of carbonyl (C=O) groups is 1. The van der Waals surface area contributed by atoms with Crippen molar-refractivity contribution in [1.82, 2.24) is 5.32 Å². The van der Waals surface area contributed by atoms with Gasteiger partial charge in [0, 0.05) is 30.0 Å². The van der Waals surface area contributed by atoms with Crippen molar-refractivity contribution in [3.63, 3.8) is 0 Å². The second kappa shape index (κ2) is 10.6. The van der Waals surface area contributed by atoms with Crippen LogP contribution in [0.3, 0.4) is 0 Å². The number of carbonyl (C=O) groups excluding carboxylic acids is 1. The first-order chi connectivity index (χ1) is 18.3. The van der Waals surface area contributed by atoms with Crippen molar-refractivity contribution >= 4 is 16.9 Å². The van der Waals surface area contributed by atoms with E-state index >= 15 is 0 Å². The van der Waals surface area contributed by atoms with Crippen molar-refractivity contribution in [1.29, 1.82) is 0 Å². The molecule has 0 aliphatic carbocycles. The summed E-state index contributed by atoms with van der Waals surface area (Å²) in [7, 11) is 3.07. The molecule has 1 aromatic heterocycles. The van der Waals surface area contributed by atoms with Crippen LogP contribution in [0.15, 0.2) is 51.7 Å². The first kappa shape index (κ1) is 26.0. The maximum atomic E-state index is 12.0. The summed E-state index contributed by atoms with van der Waals surface area (Å²) in [4.78, 5) is 23.8. The maximum Gasteiger partial charge on any atom is 0.336 e. The lowest BCUT2D eigenvalue weighted by Crippen LogP contribution is -2.67. The average molecular weight is 528 g/mol. The summed E-state index contributed by atoms with van der Waals surface area (Å²) in [5.74, 6) is 1.01. The van der Waals surface area contributed by atoms with Crippen molar-refractivity contribution < 1.29 is 42.7 Å². The SMILES string of the molecule is COc1ccc(C2OCC3OC(Oc4ccc5c(C)cc(=O)oc5c4)C(NC(C)=O)C(O)C3O2)cc1OC. The van der Waals surface area contributed by atoms with Crippen molar-refractivity contribution in [2.45, 2.75) is 50.8 Å². The number of methoxy groups -OCH3 is 2. The summed E-state index contributed by atoms with van der Waals surface area (Å²) in [6, 6.07) is 10.7. The molecule has 6 unspecified atom stereocenters. The smallest absolute Gasteiger partial charge is 0.336 e. The minimum Gasteiger partial charge on any atom is -0.493 e. The third kappa shape index (κ3) is 5.05. The average Bonchev–Trinajstić information content (AvgIpc) is 2.89. The molecule has 2 aliphatic heterocycles. The van der Waals surface area contributed by atoms with Crippen LogP contribution in [0.1, 0.15) is 24.3 Å². The highest BCUT2D eigenvalue weighted by atomic mass is 16.7. The van der Waals surface area contributed by atoms with E-state index in [0.29, 0.717) is 28.4 Å². The van der Waals surface area contributed by atoms with Gasteiger partial charge in [0.25, 0.3) is 0 Å². The molecule has 202 valence electrons. The lowest BCUT2D eigenvalue weighted by Gasteiger charge is -2.47. The molecule has 1 amide bonds. The Morgan fingerprint density at radius 1 is 1.05 bits per heavy atom. The zero-order chi connectivity index (χ0) is 27.0. The number of rotatable bonds is 6. The van der Waals surface area contributed by atoms with Crippen LogP contribution >= 0.6 is 0 Å². The van der Waals surface area contributed by atoms with E-state index in [-0.39, 0.29) is 12.5 Å². The van der Waals surface area contributed by atoms with E-state index in [2.05, 4.69) is 5.32 Å². The van der Waals surface area contributed by atoms with Crippen LogP contribution < -0.4 is 25.2 Å². The molecule has 0 spiro atoms. The van der Waals surface area contributed by atoms with Crippen LogP contribution in [-0.4, -0.2) is 62.5 Å². The van der Waals surface area contributed by atoms with Gasteiger partial charge in [-0.3, -0.25) is 4.79 Å². The van der Waals surface area contributed by atoms with Crippen molar-refractivity contribution in [3.8, 4) is 17.2 Å². The molecular weight excluding hydrogens is 498 g/mol. The van der Waals surface area contributed by atoms with Gasteiger partial charge < -0.3 is 43.3 Å². The topological polar surface area (TPSA) is 135 Å². The van der Waals surface area contributed by atoms with E-state index < -0.39 is 42.6 Å². The van der Waals surface area contributed by atoms with Crippen molar-refractivity contribution in [2.24, 2.45) is 0 Å². The Labute approximate surface area is 218 Å². The molecule has 2 aliphatic rings. The van der Waals surface area contributed by atoms with Crippen LogP contribution in [0.5, 0.6) is 17.2 Å². The van der Waals surface area contributed by atoms with Gasteiger partial charge in [0.2, 0.25) is 12.2 Å². The molecule has 11 nitrogen and oxygen atoms in total. The number of ether oxygens (including phenoxy) is 6. The second-order valence-corrected chi connectivity index (χ2v) is 9.16. The fraction of sp³-hybridized carbons (Fsp3) is 0.407. The molecule has 2 aromatic carbocycles. The number of benzene rings is 2. The monoisotopic (exact) mass is 527 g/mol. The molecule has 6 atom stereocenters. The zero-order valence-electron chi connectivity index (χ0n) is 21.3. The predicted octanol–water partition coefficient (Wildman–Crippen LogP) is 2.20. The molecular formula is C27H29NO10. The third-order valence-electron chi connectivity index (χ3n) is 6.59. The van der Waals surface area contributed by atoms with Gasteiger partial charge in [-0.15, -0.1) is 0 Å². The van der Waals surface area contributed by atoms with Gasteiger partial charge in [0.15, 0.2) is 17.8 Å². The van der Waals surface area contributed by atoms with Crippen LogP contribution in [0.2, 0.25) is 0 Å². The Bertz CT molecular complexity index is 1390. The molecule has 2 saturated heterocycles. The first-order valence-corrected chi connectivity index (χ1v) is 12.1. The van der Waals surface area contributed by atoms with E-state index in [1.165, 1.54) is 20.1 Å². The Hall–Kier alpha value is -3.64. The van der Waals surface area contributed by atoms with Crippen LogP contribution in [0.4, 0.5) is 0 Å². The number of aryl methyl sites for hydroxylation is 1. The summed E-state index contributed by atoms with van der Waals surface area (Å²) in [5.41, 5.74) is 1.30. The Balaban J connectivity index is 1.38. The minimum absolute atomic E-state index is 0.0964. The number of aliphatic hydroxyl groups excluding tert-OH is 1. The van der Waals surface area contributed by atoms with E-state index in [0.717, 1.165) is 10.9 Å². The summed E-state index contributed by atoms with van der Waals surface area (Å²) < 4.78 is 40.1. The summed E-state index contributed by atoms with van der Waals surface area (Å²) in [6.07, 6.45) is -4.58. The first-order valence-electron chi connectivity index (χ1n) is 12.1. The summed E-state index contributed by atoms with van der Waals surface area (Å²) >= 11 is 0. The van der Waals surface area contributed by atoms with Gasteiger partial charge in [-0.25, -0.2) is 4.79 Å². The summed E-state index contributed by atoms with van der Waals surface area (Å²) in [6.45, 7) is 3.24.